The summed E-state index contributed by atoms with van der Waals surface area (Å²) in [6, 6.07) is 12.8. The molecule has 0 spiro atoms. The molecule has 2 aromatic carbocycles. The molecule has 0 aliphatic heterocycles. The molecule has 2 atom stereocenters. The summed E-state index contributed by atoms with van der Waals surface area (Å²) in [4.78, 5) is 33.5. The normalized spacial score (nSPS) is 13.4. The Morgan fingerprint density at radius 3 is 2.36 bits per heavy atom. The average Bonchev–Trinajstić information content (AvgIpc) is 3.24. The predicted molar refractivity (Wildman–Crippen MR) is 106 cm³/mol. The van der Waals surface area contributed by atoms with Crippen molar-refractivity contribution in [3.8, 4) is 11.1 Å². The quantitative estimate of drug-likeness (QED) is 0.495. The zero-order chi connectivity index (χ0) is 20.4. The summed E-state index contributed by atoms with van der Waals surface area (Å²) < 4.78 is 0.804. The number of aliphatic hydroxyl groups excluding tert-OH is 1. The number of halogens is 1. The van der Waals surface area contributed by atoms with Crippen LogP contribution >= 0.6 is 11.6 Å². The number of hydrogen-bond acceptors (Lipinski definition) is 5. The number of hydrogen-bond donors (Lipinski definition) is 3. The van der Waals surface area contributed by atoms with Crippen molar-refractivity contribution in [2.45, 2.75) is 31.9 Å². The van der Waals surface area contributed by atoms with E-state index < -0.39 is 29.2 Å². The largest absolute Gasteiger partial charge is 0.479 e. The molecule has 0 saturated heterocycles. The number of carbonyl (C=O) groups is 1. The minimum atomic E-state index is -1.63. The van der Waals surface area contributed by atoms with Gasteiger partial charge in [0.15, 0.2) is 6.10 Å². The highest BCUT2D eigenvalue weighted by Gasteiger charge is 2.26. The predicted octanol–water partition coefficient (Wildman–Crippen LogP) is 1.70. The Morgan fingerprint density at radius 2 is 1.79 bits per heavy atom. The number of benzene rings is 2. The van der Waals surface area contributed by atoms with Crippen LogP contribution in [0.4, 0.5) is 0 Å². The van der Waals surface area contributed by atoms with Crippen LogP contribution in [0, 0.1) is 6.92 Å². The standard InChI is InChI=1S/C20H19ClN2O5/c1-11-15(12-5-3-2-4-6-12)8-7-13(17(11)21)9-14(10-16(24)20(27)28)22-23-18(25)19(23)26/h2-8,14,16,22,24H,9-10H2,1H3,(H,27,28)/t14-,16-/m1/s1. The average molecular weight is 403 g/mol. The summed E-state index contributed by atoms with van der Waals surface area (Å²) in [5, 5.41) is 19.2. The summed E-state index contributed by atoms with van der Waals surface area (Å²) in [6.45, 7) is 1.89. The van der Waals surface area contributed by atoms with Crippen molar-refractivity contribution in [1.82, 2.24) is 4.68 Å². The molecule has 0 amide bonds. The first-order chi connectivity index (χ1) is 13.3. The van der Waals surface area contributed by atoms with Gasteiger partial charge in [-0.05, 0) is 35.6 Å². The minimum absolute atomic E-state index is 0.192. The molecule has 0 fully saturated rings. The molecule has 8 heteroatoms. The SMILES string of the molecule is Cc1c(-c2ccccc2)ccc(C[C@H](C[C@@H](O)C(=O)O)Nn2c(=O)c2=O)c1Cl. The highest BCUT2D eigenvalue weighted by molar-refractivity contribution is 6.32. The maximum absolute atomic E-state index is 11.3. The Hall–Kier alpha value is -2.90. The third-order valence-corrected chi connectivity index (χ3v) is 5.19. The van der Waals surface area contributed by atoms with E-state index in [-0.39, 0.29) is 12.8 Å². The monoisotopic (exact) mass is 402 g/mol. The summed E-state index contributed by atoms with van der Waals surface area (Å²) in [6.07, 6.45) is -1.59. The van der Waals surface area contributed by atoms with Gasteiger partial charge in [-0.15, -0.1) is 0 Å². The highest BCUT2D eigenvalue weighted by Crippen LogP contribution is 2.32. The fourth-order valence-corrected chi connectivity index (χ4v) is 3.32. The van der Waals surface area contributed by atoms with E-state index in [4.69, 9.17) is 16.7 Å². The molecular formula is C20H19ClN2O5. The summed E-state index contributed by atoms with van der Waals surface area (Å²) in [7, 11) is 0. The Kier molecular flexibility index (Phi) is 5.67. The summed E-state index contributed by atoms with van der Waals surface area (Å²) in [5.41, 5.74) is 4.85. The molecule has 3 aromatic rings. The van der Waals surface area contributed by atoms with Crippen LogP contribution in [0.3, 0.4) is 0 Å². The summed E-state index contributed by atoms with van der Waals surface area (Å²) in [5.74, 6) is -1.38. The maximum atomic E-state index is 11.3. The molecule has 0 aliphatic rings. The third kappa shape index (κ3) is 4.16. The van der Waals surface area contributed by atoms with E-state index in [9.17, 15) is 19.5 Å². The smallest absolute Gasteiger partial charge is 0.340 e. The number of aliphatic hydroxyl groups is 1. The molecule has 0 saturated carbocycles. The van der Waals surface area contributed by atoms with E-state index in [1.54, 1.807) is 0 Å². The number of nitrogens with one attached hydrogen (secondary N) is 1. The van der Waals surface area contributed by atoms with Crippen molar-refractivity contribution in [3.05, 3.63) is 79.3 Å². The number of aromatic nitrogens is 1. The van der Waals surface area contributed by atoms with Crippen molar-refractivity contribution in [1.29, 1.82) is 0 Å². The van der Waals surface area contributed by atoms with Crippen LogP contribution < -0.4 is 16.5 Å². The highest BCUT2D eigenvalue weighted by atomic mass is 35.5. The van der Waals surface area contributed by atoms with Crippen LogP contribution in [0.2, 0.25) is 5.02 Å². The lowest BCUT2D eigenvalue weighted by molar-refractivity contribution is -0.147. The second-order valence-electron chi connectivity index (χ2n) is 6.64. The first-order valence-electron chi connectivity index (χ1n) is 8.68. The second-order valence-corrected chi connectivity index (χ2v) is 7.02. The van der Waals surface area contributed by atoms with E-state index >= 15 is 0 Å². The molecule has 0 bridgehead atoms. The first kappa shape index (κ1) is 19.9. The van der Waals surface area contributed by atoms with Crippen LogP contribution in [0.25, 0.3) is 11.1 Å². The van der Waals surface area contributed by atoms with Crippen LogP contribution in [-0.2, 0) is 11.2 Å². The lowest BCUT2D eigenvalue weighted by atomic mass is 9.94. The molecule has 28 heavy (non-hydrogen) atoms. The Labute approximate surface area is 165 Å². The number of carboxylic acid groups (broad SMARTS) is 1. The fourth-order valence-electron chi connectivity index (χ4n) is 3.08. The van der Waals surface area contributed by atoms with E-state index in [2.05, 4.69) is 5.43 Å². The molecule has 0 aliphatic carbocycles. The van der Waals surface area contributed by atoms with Crippen molar-refractivity contribution in [3.63, 3.8) is 0 Å². The van der Waals surface area contributed by atoms with Gasteiger partial charge in [0.25, 0.3) is 0 Å². The summed E-state index contributed by atoms with van der Waals surface area (Å²) >= 11 is 6.55. The second kappa shape index (κ2) is 8.00. The Morgan fingerprint density at radius 1 is 1.14 bits per heavy atom. The zero-order valence-electron chi connectivity index (χ0n) is 15.1. The minimum Gasteiger partial charge on any atom is -0.479 e. The Bertz CT molecular complexity index is 1040. The van der Waals surface area contributed by atoms with Gasteiger partial charge in [-0.2, -0.15) is 4.68 Å². The van der Waals surface area contributed by atoms with Crippen LogP contribution in [0.15, 0.2) is 52.1 Å². The first-order valence-corrected chi connectivity index (χ1v) is 9.06. The third-order valence-electron chi connectivity index (χ3n) is 4.66. The molecule has 0 radical (unpaired) electrons. The topological polar surface area (TPSA) is 109 Å². The van der Waals surface area contributed by atoms with Gasteiger partial charge in [-0.1, -0.05) is 54.1 Å². The van der Waals surface area contributed by atoms with Gasteiger partial charge >= 0.3 is 17.1 Å². The molecule has 0 unspecified atom stereocenters. The van der Waals surface area contributed by atoms with E-state index in [1.165, 1.54) is 0 Å². The lowest BCUT2D eigenvalue weighted by Crippen LogP contribution is -2.36. The van der Waals surface area contributed by atoms with Gasteiger partial charge in [-0.3, -0.25) is 9.59 Å². The molecular weight excluding hydrogens is 384 g/mol. The maximum Gasteiger partial charge on any atom is 0.340 e. The molecule has 1 heterocycles. The number of carboxylic acids is 1. The van der Waals surface area contributed by atoms with E-state index in [1.807, 2.05) is 49.4 Å². The zero-order valence-corrected chi connectivity index (χ0v) is 15.8. The van der Waals surface area contributed by atoms with Gasteiger partial charge in [0.1, 0.15) is 0 Å². The van der Waals surface area contributed by atoms with E-state index in [0.717, 1.165) is 26.9 Å². The van der Waals surface area contributed by atoms with Crippen molar-refractivity contribution in [2.75, 3.05) is 5.43 Å². The van der Waals surface area contributed by atoms with Gasteiger partial charge in [0.2, 0.25) is 0 Å². The molecule has 3 N–H and O–H groups in total. The van der Waals surface area contributed by atoms with E-state index in [0.29, 0.717) is 5.02 Å². The number of rotatable bonds is 8. The number of nitrogens with zero attached hydrogens (tertiary/aromatic N) is 1. The van der Waals surface area contributed by atoms with Crippen LogP contribution in [0.5, 0.6) is 0 Å². The van der Waals surface area contributed by atoms with Crippen molar-refractivity contribution < 1.29 is 15.0 Å². The molecule has 3 rings (SSSR count). The lowest BCUT2D eigenvalue weighted by Gasteiger charge is -2.21. The van der Waals surface area contributed by atoms with Crippen molar-refractivity contribution >= 4 is 17.6 Å². The fraction of sp³-hybridized carbons (Fsp3) is 0.250. The van der Waals surface area contributed by atoms with Crippen LogP contribution in [-0.4, -0.2) is 33.0 Å². The van der Waals surface area contributed by atoms with Gasteiger partial charge in [0.05, 0.1) is 0 Å². The number of aliphatic carboxylic acids is 1. The molecule has 1 aromatic heterocycles. The van der Waals surface area contributed by atoms with Crippen molar-refractivity contribution in [2.24, 2.45) is 0 Å². The van der Waals surface area contributed by atoms with Gasteiger partial charge in [0, 0.05) is 17.5 Å². The Balaban J connectivity index is 1.86. The van der Waals surface area contributed by atoms with Crippen LogP contribution in [0.1, 0.15) is 17.5 Å². The van der Waals surface area contributed by atoms with Gasteiger partial charge in [-0.25, -0.2) is 4.79 Å². The van der Waals surface area contributed by atoms with Gasteiger partial charge < -0.3 is 15.6 Å². The molecule has 7 nitrogen and oxygen atoms in total. The molecule has 146 valence electrons.